The zero-order chi connectivity index (χ0) is 27.3. The Kier molecular flexibility index (Phi) is 9.48. The van der Waals surface area contributed by atoms with Gasteiger partial charge in [-0.05, 0) is 29.8 Å². The van der Waals surface area contributed by atoms with Crippen molar-refractivity contribution in [2.75, 3.05) is 45.3 Å². The molecule has 4 rings (SSSR count). The van der Waals surface area contributed by atoms with E-state index in [1.165, 1.54) is 5.56 Å². The number of ether oxygens (including phenoxy) is 3. The van der Waals surface area contributed by atoms with Gasteiger partial charge in [-0.1, -0.05) is 45.3 Å². The van der Waals surface area contributed by atoms with Gasteiger partial charge < -0.3 is 19.9 Å². The summed E-state index contributed by atoms with van der Waals surface area (Å²) in [6.45, 7) is 20.8. The van der Waals surface area contributed by atoms with Crippen molar-refractivity contribution in [1.29, 1.82) is 0 Å². The Hall–Kier alpha value is -2.03. The lowest BCUT2D eigenvalue weighted by Gasteiger charge is -2.26. The first-order chi connectivity index (χ1) is 18.0. The van der Waals surface area contributed by atoms with Gasteiger partial charge in [0.25, 0.3) is 0 Å². The van der Waals surface area contributed by atoms with Crippen LogP contribution in [0.2, 0.25) is 51.4 Å². The number of hydrogen-bond acceptors (Lipinski definition) is 7. The maximum atomic E-state index is 6.46. The van der Waals surface area contributed by atoms with Crippen molar-refractivity contribution in [1.82, 2.24) is 24.2 Å². The van der Waals surface area contributed by atoms with Crippen LogP contribution in [-0.2, 0) is 34.2 Å². The lowest BCUT2D eigenvalue weighted by atomic mass is 10.2. The van der Waals surface area contributed by atoms with Gasteiger partial charge in [0.2, 0.25) is 0 Å². The molecule has 0 saturated carbocycles. The van der Waals surface area contributed by atoms with Crippen molar-refractivity contribution in [3.8, 4) is 11.5 Å². The second kappa shape index (κ2) is 12.4. The first kappa shape index (κ1) is 29.0. The summed E-state index contributed by atoms with van der Waals surface area (Å²) in [6, 6.07) is 8.75. The summed E-state index contributed by atoms with van der Waals surface area (Å²) in [5.41, 5.74) is 10.9. The van der Waals surface area contributed by atoms with Crippen LogP contribution >= 0.6 is 0 Å². The van der Waals surface area contributed by atoms with Crippen molar-refractivity contribution < 1.29 is 14.2 Å². The molecular formula is C27H46N6O3Si2. The number of anilines is 1. The predicted octanol–water partition coefficient (Wildman–Crippen LogP) is 4.94. The molecule has 0 spiro atoms. The van der Waals surface area contributed by atoms with E-state index in [-0.39, 0.29) is 0 Å². The highest BCUT2D eigenvalue weighted by Crippen LogP contribution is 2.29. The standard InChI is InChI=1S/C27H46N6O3Si2/c1-37(2,3)15-13-35-20-32-19-23(28)26(30-32)27-29-24-17-22(18-31-9-11-34-12-10-31)7-8-25(24)33(27)21-36-14-16-38(4,5)6/h7-8,17,19H,9-16,18,20-21,28H2,1-6H3. The van der Waals surface area contributed by atoms with E-state index in [4.69, 9.17) is 30.0 Å². The van der Waals surface area contributed by atoms with Crippen molar-refractivity contribution in [3.05, 3.63) is 30.0 Å². The molecule has 210 valence electrons. The second-order valence-electron chi connectivity index (χ2n) is 12.7. The molecule has 0 atom stereocenters. The molecule has 1 fully saturated rings. The van der Waals surface area contributed by atoms with E-state index in [9.17, 15) is 0 Å². The zero-order valence-corrected chi connectivity index (χ0v) is 26.1. The van der Waals surface area contributed by atoms with Gasteiger partial charge in [0, 0.05) is 49.0 Å². The molecule has 1 saturated heterocycles. The van der Waals surface area contributed by atoms with Crippen LogP contribution in [0, 0.1) is 0 Å². The number of imidazole rings is 1. The smallest absolute Gasteiger partial charge is 0.165 e. The number of morpholine rings is 1. The molecule has 3 heterocycles. The summed E-state index contributed by atoms with van der Waals surface area (Å²) in [5, 5.41) is 4.78. The summed E-state index contributed by atoms with van der Waals surface area (Å²) in [6.07, 6.45) is 1.84. The highest BCUT2D eigenvalue weighted by molar-refractivity contribution is 6.76. The first-order valence-electron chi connectivity index (χ1n) is 13.8. The molecule has 3 aromatic rings. The number of nitrogens with zero attached hydrogens (tertiary/aromatic N) is 5. The molecule has 1 aliphatic rings. The van der Waals surface area contributed by atoms with Crippen molar-refractivity contribution in [2.45, 2.75) is 71.4 Å². The van der Waals surface area contributed by atoms with Crippen LogP contribution in [0.3, 0.4) is 0 Å². The Morgan fingerprint density at radius 1 is 0.947 bits per heavy atom. The lowest BCUT2D eigenvalue weighted by Crippen LogP contribution is -2.35. The topological polar surface area (TPSA) is 92.6 Å². The van der Waals surface area contributed by atoms with Crippen LogP contribution in [0.25, 0.3) is 22.6 Å². The quantitative estimate of drug-likeness (QED) is 0.235. The summed E-state index contributed by atoms with van der Waals surface area (Å²) in [7, 11) is -2.32. The van der Waals surface area contributed by atoms with Crippen LogP contribution in [0.1, 0.15) is 5.56 Å². The average Bonchev–Trinajstić information content (AvgIpc) is 3.38. The summed E-state index contributed by atoms with van der Waals surface area (Å²) in [4.78, 5) is 7.44. The zero-order valence-electron chi connectivity index (χ0n) is 24.1. The van der Waals surface area contributed by atoms with Gasteiger partial charge in [-0.25, -0.2) is 9.67 Å². The maximum absolute atomic E-state index is 6.46. The molecule has 11 heteroatoms. The number of rotatable bonds is 13. The molecule has 9 nitrogen and oxygen atoms in total. The van der Waals surface area contributed by atoms with E-state index in [0.717, 1.165) is 75.0 Å². The highest BCUT2D eigenvalue weighted by atomic mass is 28.3. The van der Waals surface area contributed by atoms with Crippen LogP contribution in [0.5, 0.6) is 0 Å². The van der Waals surface area contributed by atoms with Crippen molar-refractivity contribution in [2.24, 2.45) is 0 Å². The minimum atomic E-state index is -1.18. The Labute approximate surface area is 229 Å². The average molecular weight is 559 g/mol. The third-order valence-electron chi connectivity index (χ3n) is 6.76. The minimum absolute atomic E-state index is 0.380. The number of nitrogens with two attached hydrogens (primary N) is 1. The van der Waals surface area contributed by atoms with Crippen LogP contribution in [0.4, 0.5) is 5.69 Å². The van der Waals surface area contributed by atoms with Gasteiger partial charge in [0.1, 0.15) is 13.5 Å². The maximum Gasteiger partial charge on any atom is 0.165 e. The SMILES string of the molecule is C[Si](C)(C)CCOCn1cc(N)c(-c2nc3cc(CN4CCOCC4)ccc3n2COCC[Si](C)(C)C)n1. The fourth-order valence-corrected chi connectivity index (χ4v) is 5.86. The van der Waals surface area contributed by atoms with Crippen LogP contribution in [0.15, 0.2) is 24.4 Å². The fraction of sp³-hybridized carbons (Fsp3) is 0.630. The highest BCUT2D eigenvalue weighted by Gasteiger charge is 2.20. The molecule has 0 amide bonds. The number of fused-ring (bicyclic) bond motifs is 1. The normalized spacial score (nSPS) is 15.5. The number of hydrogen-bond donors (Lipinski definition) is 1. The Bertz CT molecular complexity index is 1190. The monoisotopic (exact) mass is 558 g/mol. The second-order valence-corrected chi connectivity index (χ2v) is 24.0. The first-order valence-corrected chi connectivity index (χ1v) is 21.2. The molecule has 0 unspecified atom stereocenters. The summed E-state index contributed by atoms with van der Waals surface area (Å²) >= 11 is 0. The number of nitrogen functional groups attached to an aromatic ring is 1. The predicted molar refractivity (Wildman–Crippen MR) is 160 cm³/mol. The van der Waals surface area contributed by atoms with Crippen molar-refractivity contribution >= 4 is 32.9 Å². The van der Waals surface area contributed by atoms with E-state index in [1.807, 2.05) is 6.20 Å². The molecule has 0 radical (unpaired) electrons. The lowest BCUT2D eigenvalue weighted by molar-refractivity contribution is 0.0342. The molecular weight excluding hydrogens is 513 g/mol. The third-order valence-corrected chi connectivity index (χ3v) is 10.2. The summed E-state index contributed by atoms with van der Waals surface area (Å²) < 4.78 is 21.5. The van der Waals surface area contributed by atoms with E-state index < -0.39 is 16.1 Å². The van der Waals surface area contributed by atoms with Crippen LogP contribution < -0.4 is 5.73 Å². The Balaban J connectivity index is 1.57. The Morgan fingerprint density at radius 3 is 2.26 bits per heavy atom. The molecule has 38 heavy (non-hydrogen) atoms. The van der Waals surface area contributed by atoms with Gasteiger partial charge in [0.15, 0.2) is 11.5 Å². The molecule has 0 aliphatic carbocycles. The van der Waals surface area contributed by atoms with E-state index >= 15 is 0 Å². The number of benzene rings is 1. The fourth-order valence-electron chi connectivity index (χ4n) is 4.35. The van der Waals surface area contributed by atoms with E-state index in [0.29, 0.717) is 24.8 Å². The van der Waals surface area contributed by atoms with Gasteiger partial charge in [-0.2, -0.15) is 5.10 Å². The minimum Gasteiger partial charge on any atom is -0.396 e. The summed E-state index contributed by atoms with van der Waals surface area (Å²) in [5.74, 6) is 0.731. The molecule has 2 N–H and O–H groups in total. The number of aromatic nitrogens is 4. The van der Waals surface area contributed by atoms with Gasteiger partial charge in [0.05, 0.1) is 36.1 Å². The molecule has 1 aromatic carbocycles. The Morgan fingerprint density at radius 2 is 1.61 bits per heavy atom. The van der Waals surface area contributed by atoms with Gasteiger partial charge in [-0.3, -0.25) is 9.47 Å². The van der Waals surface area contributed by atoms with E-state index in [1.54, 1.807) is 4.68 Å². The third kappa shape index (κ3) is 8.24. The van der Waals surface area contributed by atoms with E-state index in [2.05, 4.69) is 66.9 Å². The van der Waals surface area contributed by atoms with Gasteiger partial charge in [-0.15, -0.1) is 0 Å². The molecule has 2 aromatic heterocycles. The largest absolute Gasteiger partial charge is 0.396 e. The molecule has 1 aliphatic heterocycles. The van der Waals surface area contributed by atoms with Crippen LogP contribution in [-0.4, -0.2) is 79.9 Å². The van der Waals surface area contributed by atoms with Gasteiger partial charge >= 0.3 is 0 Å². The molecule has 0 bridgehead atoms. The van der Waals surface area contributed by atoms with Crippen molar-refractivity contribution in [3.63, 3.8) is 0 Å².